The first kappa shape index (κ1) is 29.2. The van der Waals surface area contributed by atoms with Gasteiger partial charge in [-0.25, -0.2) is 4.79 Å². The van der Waals surface area contributed by atoms with E-state index in [9.17, 15) is 4.79 Å². The van der Waals surface area contributed by atoms with Gasteiger partial charge in [-0.05, 0) is 46.2 Å². The molecule has 9 heteroatoms. The summed E-state index contributed by atoms with van der Waals surface area (Å²) in [5.74, 6) is 1.48. The van der Waals surface area contributed by atoms with Gasteiger partial charge < -0.3 is 29.7 Å². The molecule has 0 aliphatic heterocycles. The molecule has 1 rings (SSSR count). The average Bonchev–Trinajstić information content (AvgIpc) is 2.67. The number of nitrogens with zero attached hydrogens (tertiary/aromatic N) is 2. The number of guanidine groups is 1. The second kappa shape index (κ2) is 15.1. The minimum Gasteiger partial charge on any atom is -0.491 e. The smallest absolute Gasteiger partial charge is 0.410 e. The highest BCUT2D eigenvalue weighted by molar-refractivity contribution is 14.0. The molecule has 0 radical (unpaired) electrons. The fraction of sp³-hybridized carbons (Fsp3) is 0.636. The van der Waals surface area contributed by atoms with Gasteiger partial charge in [0.2, 0.25) is 0 Å². The van der Waals surface area contributed by atoms with Crippen molar-refractivity contribution in [3.63, 3.8) is 0 Å². The van der Waals surface area contributed by atoms with E-state index in [1.54, 1.807) is 19.1 Å². The highest BCUT2D eigenvalue weighted by Gasteiger charge is 2.20. The van der Waals surface area contributed by atoms with Gasteiger partial charge in [-0.3, -0.25) is 4.99 Å². The molecule has 0 aliphatic carbocycles. The Balaban J connectivity index is 0.00000900. The van der Waals surface area contributed by atoms with Crippen molar-refractivity contribution in [2.75, 3.05) is 47.0 Å². The molecule has 31 heavy (non-hydrogen) atoms. The number of benzene rings is 1. The van der Waals surface area contributed by atoms with Gasteiger partial charge in [-0.15, -0.1) is 24.0 Å². The number of carbonyl (C=O) groups excluding carboxylic acids is 1. The van der Waals surface area contributed by atoms with Crippen LogP contribution in [0.5, 0.6) is 5.75 Å². The molecule has 0 aliphatic rings. The van der Waals surface area contributed by atoms with Gasteiger partial charge in [-0.2, -0.15) is 0 Å². The lowest BCUT2D eigenvalue weighted by molar-refractivity contribution is 0.0264. The highest BCUT2D eigenvalue weighted by atomic mass is 127. The van der Waals surface area contributed by atoms with Gasteiger partial charge >= 0.3 is 6.09 Å². The lowest BCUT2D eigenvalue weighted by atomic mass is 10.1. The van der Waals surface area contributed by atoms with Gasteiger partial charge in [0.25, 0.3) is 0 Å². The van der Waals surface area contributed by atoms with E-state index in [0.29, 0.717) is 45.4 Å². The van der Waals surface area contributed by atoms with Crippen molar-refractivity contribution in [2.24, 2.45) is 4.99 Å². The Morgan fingerprint density at radius 1 is 1.19 bits per heavy atom. The zero-order chi connectivity index (χ0) is 22.6. The second-order valence-electron chi connectivity index (χ2n) is 7.86. The molecule has 0 saturated carbocycles. The number of likely N-dealkylation sites (N-methyl/N-ethyl adjacent to an activating group) is 1. The number of hydrogen-bond acceptors (Lipinski definition) is 5. The first-order valence-corrected chi connectivity index (χ1v) is 10.3. The summed E-state index contributed by atoms with van der Waals surface area (Å²) in [4.78, 5) is 18.1. The van der Waals surface area contributed by atoms with Crippen LogP contribution in [0.15, 0.2) is 23.2 Å². The summed E-state index contributed by atoms with van der Waals surface area (Å²) in [6.45, 7) is 12.8. The van der Waals surface area contributed by atoms with Gasteiger partial charge in [0, 0.05) is 45.9 Å². The molecule has 1 amide bonds. The first-order chi connectivity index (χ1) is 14.2. The van der Waals surface area contributed by atoms with E-state index in [1.807, 2.05) is 46.8 Å². The maximum absolute atomic E-state index is 12.2. The number of aryl methyl sites for hydroxylation is 1. The summed E-state index contributed by atoms with van der Waals surface area (Å²) in [6, 6.07) is 6.11. The predicted molar refractivity (Wildman–Crippen MR) is 136 cm³/mol. The molecule has 2 N–H and O–H groups in total. The number of nitrogens with one attached hydrogen (secondary N) is 2. The predicted octanol–water partition coefficient (Wildman–Crippen LogP) is 3.56. The number of ether oxygens (including phenoxy) is 3. The summed E-state index contributed by atoms with van der Waals surface area (Å²) in [5, 5.41) is 6.52. The minimum absolute atomic E-state index is 0. The number of rotatable bonds is 10. The fourth-order valence-electron chi connectivity index (χ4n) is 2.59. The van der Waals surface area contributed by atoms with Crippen LogP contribution in [0.4, 0.5) is 4.79 Å². The molecule has 0 heterocycles. The van der Waals surface area contributed by atoms with Crippen molar-refractivity contribution in [3.05, 3.63) is 29.3 Å². The van der Waals surface area contributed by atoms with Crippen LogP contribution < -0.4 is 15.4 Å². The second-order valence-corrected chi connectivity index (χ2v) is 7.86. The van der Waals surface area contributed by atoms with Gasteiger partial charge in [-0.1, -0.05) is 12.1 Å². The van der Waals surface area contributed by atoms with Crippen molar-refractivity contribution in [1.29, 1.82) is 0 Å². The zero-order valence-corrected chi connectivity index (χ0v) is 22.2. The lowest BCUT2D eigenvalue weighted by Gasteiger charge is -2.26. The molecular weight excluding hydrogens is 511 g/mol. The standard InChI is InChI=1S/C22H38N4O4.HI/c1-8-26(21(27)30-22(3,4)5)12-11-24-20(23-6)25-16-18-10-9-17(2)15-19(18)29-14-13-28-7;/h9-10,15H,8,11-14,16H2,1-7H3,(H2,23,24,25);1H. The van der Waals surface area contributed by atoms with Crippen LogP contribution in [0.3, 0.4) is 0 Å². The summed E-state index contributed by atoms with van der Waals surface area (Å²) in [6.07, 6.45) is -0.313. The van der Waals surface area contributed by atoms with Crippen molar-refractivity contribution >= 4 is 36.0 Å². The summed E-state index contributed by atoms with van der Waals surface area (Å²) in [5.41, 5.74) is 1.66. The molecule has 1 aromatic carbocycles. The summed E-state index contributed by atoms with van der Waals surface area (Å²) >= 11 is 0. The Bertz CT molecular complexity index is 693. The van der Waals surface area contributed by atoms with Crippen LogP contribution in [0.25, 0.3) is 0 Å². The number of hydrogen-bond donors (Lipinski definition) is 2. The molecule has 0 unspecified atom stereocenters. The average molecular weight is 550 g/mol. The Kier molecular flexibility index (Phi) is 14.3. The maximum atomic E-state index is 12.2. The SMILES string of the molecule is CCN(CCNC(=NC)NCc1ccc(C)cc1OCCOC)C(=O)OC(C)(C)C.I. The molecule has 0 saturated heterocycles. The number of carbonyl (C=O) groups is 1. The van der Waals surface area contributed by atoms with Crippen LogP contribution in [0.1, 0.15) is 38.8 Å². The third-order valence-corrected chi connectivity index (χ3v) is 4.15. The largest absolute Gasteiger partial charge is 0.491 e. The first-order valence-electron chi connectivity index (χ1n) is 10.3. The monoisotopic (exact) mass is 550 g/mol. The lowest BCUT2D eigenvalue weighted by Crippen LogP contribution is -2.44. The normalized spacial score (nSPS) is 11.4. The van der Waals surface area contributed by atoms with E-state index in [-0.39, 0.29) is 30.1 Å². The quantitative estimate of drug-likeness (QED) is 0.201. The Hall–Kier alpha value is -1.75. The minimum atomic E-state index is -0.507. The van der Waals surface area contributed by atoms with Gasteiger partial charge in [0.15, 0.2) is 5.96 Å². The van der Waals surface area contributed by atoms with Crippen LogP contribution in [0, 0.1) is 6.92 Å². The highest BCUT2D eigenvalue weighted by Crippen LogP contribution is 2.20. The van der Waals surface area contributed by atoms with Crippen molar-refractivity contribution in [2.45, 2.75) is 46.8 Å². The summed E-state index contributed by atoms with van der Waals surface area (Å²) < 4.78 is 16.3. The summed E-state index contributed by atoms with van der Waals surface area (Å²) in [7, 11) is 3.37. The Morgan fingerprint density at radius 2 is 1.90 bits per heavy atom. The number of halogens is 1. The van der Waals surface area contributed by atoms with Crippen LogP contribution >= 0.6 is 24.0 Å². The molecule has 178 valence electrons. The molecule has 0 fully saturated rings. The molecule has 1 aromatic rings. The van der Waals surface area contributed by atoms with E-state index in [1.165, 1.54) is 0 Å². The van der Waals surface area contributed by atoms with Crippen LogP contribution in [-0.4, -0.2) is 69.6 Å². The molecule has 0 atom stereocenters. The van der Waals surface area contributed by atoms with Gasteiger partial charge in [0.05, 0.1) is 6.61 Å². The number of amides is 1. The van der Waals surface area contributed by atoms with Crippen LogP contribution in [0.2, 0.25) is 0 Å². The third kappa shape index (κ3) is 12.0. The fourth-order valence-corrected chi connectivity index (χ4v) is 2.59. The van der Waals surface area contributed by atoms with E-state index in [2.05, 4.69) is 21.7 Å². The molecule has 0 spiro atoms. The maximum Gasteiger partial charge on any atom is 0.410 e. The molecular formula is C22H39IN4O4. The van der Waals surface area contributed by atoms with Crippen LogP contribution in [-0.2, 0) is 16.0 Å². The van der Waals surface area contributed by atoms with Crippen molar-refractivity contribution in [3.8, 4) is 5.75 Å². The van der Waals surface area contributed by atoms with Crippen molar-refractivity contribution in [1.82, 2.24) is 15.5 Å². The van der Waals surface area contributed by atoms with Gasteiger partial charge in [0.1, 0.15) is 18.0 Å². The number of methoxy groups -OCH3 is 1. The zero-order valence-electron chi connectivity index (χ0n) is 19.9. The third-order valence-electron chi connectivity index (χ3n) is 4.15. The van der Waals surface area contributed by atoms with E-state index in [4.69, 9.17) is 14.2 Å². The van der Waals surface area contributed by atoms with E-state index < -0.39 is 5.60 Å². The van der Waals surface area contributed by atoms with E-state index in [0.717, 1.165) is 16.9 Å². The molecule has 8 nitrogen and oxygen atoms in total. The Labute approximate surface area is 204 Å². The number of aliphatic imine (C=N–C) groups is 1. The molecule has 0 bridgehead atoms. The van der Waals surface area contributed by atoms with Crippen molar-refractivity contribution < 1.29 is 19.0 Å². The molecule has 0 aromatic heterocycles. The van der Waals surface area contributed by atoms with E-state index >= 15 is 0 Å². The topological polar surface area (TPSA) is 84.4 Å². The Morgan fingerprint density at radius 3 is 2.48 bits per heavy atom.